The van der Waals surface area contributed by atoms with E-state index >= 15 is 0 Å². The Morgan fingerprint density at radius 1 is 1.00 bits per heavy atom. The van der Waals surface area contributed by atoms with E-state index in [4.69, 9.17) is 4.74 Å². The Balaban J connectivity index is 2.25. The fourth-order valence-electron chi connectivity index (χ4n) is 2.29. The number of benzene rings is 2. The topological polar surface area (TPSA) is 29.5 Å². The molecule has 100 valence electrons. The smallest absolute Gasteiger partial charge is 0.118 e. The molecule has 0 fully saturated rings. The molecule has 19 heavy (non-hydrogen) atoms. The van der Waals surface area contributed by atoms with Crippen molar-refractivity contribution in [3.8, 4) is 5.75 Å². The Morgan fingerprint density at radius 2 is 1.63 bits per heavy atom. The molecule has 2 nitrogen and oxygen atoms in total. The Hall–Kier alpha value is -1.80. The monoisotopic (exact) mass is 256 g/mol. The zero-order chi connectivity index (χ0) is 13.7. The van der Waals surface area contributed by atoms with Gasteiger partial charge < -0.3 is 9.84 Å². The molecular weight excluding hydrogens is 236 g/mol. The van der Waals surface area contributed by atoms with Crippen LogP contribution in [0.15, 0.2) is 54.6 Å². The molecule has 2 rings (SSSR count). The van der Waals surface area contributed by atoms with Crippen LogP contribution in [0.3, 0.4) is 0 Å². The van der Waals surface area contributed by atoms with Crippen LogP contribution < -0.4 is 4.74 Å². The number of aliphatic hydroxyl groups is 1. The maximum atomic E-state index is 9.80. The van der Waals surface area contributed by atoms with E-state index in [2.05, 4.69) is 19.1 Å². The average molecular weight is 256 g/mol. The third kappa shape index (κ3) is 3.15. The van der Waals surface area contributed by atoms with Crippen LogP contribution >= 0.6 is 0 Å². The normalized spacial score (nSPS) is 13.8. The molecular formula is C17H20O2. The van der Waals surface area contributed by atoms with Crippen LogP contribution in [0.5, 0.6) is 5.75 Å². The van der Waals surface area contributed by atoms with Crippen LogP contribution in [0.1, 0.15) is 18.1 Å². The van der Waals surface area contributed by atoms with E-state index in [0.717, 1.165) is 17.7 Å². The van der Waals surface area contributed by atoms with Crippen molar-refractivity contribution >= 4 is 0 Å². The van der Waals surface area contributed by atoms with Gasteiger partial charge in [-0.3, -0.25) is 0 Å². The summed E-state index contributed by atoms with van der Waals surface area (Å²) >= 11 is 0. The van der Waals surface area contributed by atoms with E-state index in [9.17, 15) is 5.11 Å². The lowest BCUT2D eigenvalue weighted by Gasteiger charge is -2.28. The summed E-state index contributed by atoms with van der Waals surface area (Å²) in [4.78, 5) is 0. The lowest BCUT2D eigenvalue weighted by atomic mass is 9.78. The van der Waals surface area contributed by atoms with Gasteiger partial charge in [0.1, 0.15) is 5.75 Å². The first-order valence-corrected chi connectivity index (χ1v) is 6.47. The van der Waals surface area contributed by atoms with E-state index in [1.54, 1.807) is 7.11 Å². The SMILES string of the molecule is COc1ccc(C(C)(CO)Cc2ccccc2)cc1. The maximum absolute atomic E-state index is 9.80. The summed E-state index contributed by atoms with van der Waals surface area (Å²) in [5.74, 6) is 0.837. The highest BCUT2D eigenvalue weighted by atomic mass is 16.5. The number of hydrogen-bond donors (Lipinski definition) is 1. The maximum Gasteiger partial charge on any atom is 0.118 e. The van der Waals surface area contributed by atoms with Crippen molar-refractivity contribution in [2.45, 2.75) is 18.8 Å². The van der Waals surface area contributed by atoms with Crippen LogP contribution in [0.4, 0.5) is 0 Å². The lowest BCUT2D eigenvalue weighted by Crippen LogP contribution is -2.29. The second-order valence-electron chi connectivity index (χ2n) is 5.11. The molecule has 1 unspecified atom stereocenters. The second-order valence-corrected chi connectivity index (χ2v) is 5.11. The van der Waals surface area contributed by atoms with Gasteiger partial charge in [-0.15, -0.1) is 0 Å². The molecule has 0 spiro atoms. The van der Waals surface area contributed by atoms with Gasteiger partial charge in [0.05, 0.1) is 13.7 Å². The Morgan fingerprint density at radius 3 is 2.16 bits per heavy atom. The molecule has 0 saturated heterocycles. The van der Waals surface area contributed by atoms with Crippen molar-refractivity contribution in [3.05, 3.63) is 65.7 Å². The molecule has 2 heteroatoms. The van der Waals surface area contributed by atoms with Gasteiger partial charge in [0, 0.05) is 5.41 Å². The van der Waals surface area contributed by atoms with E-state index in [1.807, 2.05) is 42.5 Å². The largest absolute Gasteiger partial charge is 0.497 e. The number of hydrogen-bond acceptors (Lipinski definition) is 2. The van der Waals surface area contributed by atoms with Gasteiger partial charge in [0.25, 0.3) is 0 Å². The molecule has 2 aromatic rings. The Labute approximate surface area is 114 Å². The van der Waals surface area contributed by atoms with Crippen molar-refractivity contribution in [2.75, 3.05) is 13.7 Å². The first-order chi connectivity index (χ1) is 9.18. The van der Waals surface area contributed by atoms with Crippen LogP contribution in [-0.2, 0) is 11.8 Å². The molecule has 0 radical (unpaired) electrons. The zero-order valence-corrected chi connectivity index (χ0v) is 11.5. The van der Waals surface area contributed by atoms with Gasteiger partial charge in [-0.05, 0) is 29.7 Å². The van der Waals surface area contributed by atoms with Crippen LogP contribution in [0.25, 0.3) is 0 Å². The molecule has 0 heterocycles. The lowest BCUT2D eigenvalue weighted by molar-refractivity contribution is 0.204. The molecule has 0 aliphatic carbocycles. The Kier molecular flexibility index (Phi) is 4.23. The van der Waals surface area contributed by atoms with Gasteiger partial charge in [-0.25, -0.2) is 0 Å². The molecule has 0 saturated carbocycles. The second kappa shape index (κ2) is 5.89. The minimum Gasteiger partial charge on any atom is -0.497 e. The molecule has 0 amide bonds. The summed E-state index contributed by atoms with van der Waals surface area (Å²) in [5, 5.41) is 9.80. The molecule has 0 aliphatic heterocycles. The van der Waals surface area contributed by atoms with E-state index in [-0.39, 0.29) is 12.0 Å². The fraction of sp³-hybridized carbons (Fsp3) is 0.294. The minimum atomic E-state index is -0.270. The first-order valence-electron chi connectivity index (χ1n) is 6.47. The van der Waals surface area contributed by atoms with E-state index in [1.165, 1.54) is 5.56 Å². The van der Waals surface area contributed by atoms with Crippen molar-refractivity contribution in [2.24, 2.45) is 0 Å². The quantitative estimate of drug-likeness (QED) is 0.890. The molecule has 2 aromatic carbocycles. The summed E-state index contributed by atoms with van der Waals surface area (Å²) in [7, 11) is 1.66. The molecule has 1 N–H and O–H groups in total. The number of ether oxygens (including phenoxy) is 1. The third-order valence-corrected chi connectivity index (χ3v) is 3.57. The average Bonchev–Trinajstić information content (AvgIpc) is 2.48. The van der Waals surface area contributed by atoms with Crippen LogP contribution in [-0.4, -0.2) is 18.8 Å². The summed E-state index contributed by atoms with van der Waals surface area (Å²) in [6.07, 6.45) is 0.816. The first kappa shape index (κ1) is 13.6. The summed E-state index contributed by atoms with van der Waals surface area (Å²) in [6, 6.07) is 18.2. The number of aliphatic hydroxyl groups excluding tert-OH is 1. The van der Waals surface area contributed by atoms with Gasteiger partial charge in [-0.1, -0.05) is 49.4 Å². The van der Waals surface area contributed by atoms with E-state index < -0.39 is 0 Å². The predicted octanol–water partition coefficient (Wildman–Crippen LogP) is 3.19. The van der Waals surface area contributed by atoms with E-state index in [0.29, 0.717) is 0 Å². The predicted molar refractivity (Wildman–Crippen MR) is 77.6 cm³/mol. The standard InChI is InChI=1S/C17H20O2/c1-17(13-18,12-14-6-4-3-5-7-14)15-8-10-16(19-2)11-9-15/h3-11,18H,12-13H2,1-2H3. The zero-order valence-electron chi connectivity index (χ0n) is 11.5. The summed E-state index contributed by atoms with van der Waals surface area (Å²) in [6.45, 7) is 2.20. The van der Waals surface area contributed by atoms with Gasteiger partial charge in [0.2, 0.25) is 0 Å². The van der Waals surface area contributed by atoms with Crippen molar-refractivity contribution < 1.29 is 9.84 Å². The number of methoxy groups -OCH3 is 1. The highest BCUT2D eigenvalue weighted by molar-refractivity contribution is 5.34. The van der Waals surface area contributed by atoms with Gasteiger partial charge in [0.15, 0.2) is 0 Å². The fourth-order valence-corrected chi connectivity index (χ4v) is 2.29. The molecule has 0 aliphatic rings. The highest BCUT2D eigenvalue weighted by Gasteiger charge is 2.26. The molecule has 0 aromatic heterocycles. The van der Waals surface area contributed by atoms with Crippen molar-refractivity contribution in [1.29, 1.82) is 0 Å². The van der Waals surface area contributed by atoms with Gasteiger partial charge in [-0.2, -0.15) is 0 Å². The Bertz CT molecular complexity index is 505. The van der Waals surface area contributed by atoms with Crippen molar-refractivity contribution in [1.82, 2.24) is 0 Å². The number of rotatable bonds is 5. The summed E-state index contributed by atoms with van der Waals surface area (Å²) in [5.41, 5.74) is 2.09. The summed E-state index contributed by atoms with van der Waals surface area (Å²) < 4.78 is 5.17. The highest BCUT2D eigenvalue weighted by Crippen LogP contribution is 2.29. The third-order valence-electron chi connectivity index (χ3n) is 3.57. The van der Waals surface area contributed by atoms with Gasteiger partial charge >= 0.3 is 0 Å². The minimum absolute atomic E-state index is 0.119. The van der Waals surface area contributed by atoms with Crippen LogP contribution in [0, 0.1) is 0 Å². The van der Waals surface area contributed by atoms with Crippen molar-refractivity contribution in [3.63, 3.8) is 0 Å². The van der Waals surface area contributed by atoms with Crippen LogP contribution in [0.2, 0.25) is 0 Å². The molecule has 1 atom stereocenters. The molecule has 0 bridgehead atoms.